The van der Waals surface area contributed by atoms with Crippen molar-refractivity contribution < 1.29 is 4.42 Å². The molecule has 16 heavy (non-hydrogen) atoms. The van der Waals surface area contributed by atoms with Crippen LogP contribution in [0.2, 0.25) is 0 Å². The second-order valence-corrected chi connectivity index (χ2v) is 3.81. The Hall–Kier alpha value is -1.75. The second-order valence-electron chi connectivity index (χ2n) is 3.81. The van der Waals surface area contributed by atoms with Gasteiger partial charge < -0.3 is 9.73 Å². The quantitative estimate of drug-likeness (QED) is 0.825. The standard InChI is InChI=1S/C11H12N4O/c1-2-6-12-8(4-1)10-14-15-11(16-10)9-5-3-7-13-9/h1-2,4,6,9,13H,3,5,7H2/t9-/m1/s1. The third kappa shape index (κ3) is 1.69. The van der Waals surface area contributed by atoms with Gasteiger partial charge in [-0.3, -0.25) is 4.98 Å². The van der Waals surface area contributed by atoms with Gasteiger partial charge in [-0.1, -0.05) is 6.07 Å². The molecule has 2 aromatic heterocycles. The number of pyridine rings is 1. The maximum atomic E-state index is 5.61. The molecular formula is C11H12N4O. The Bertz CT molecular complexity index is 462. The highest BCUT2D eigenvalue weighted by atomic mass is 16.4. The molecule has 0 unspecified atom stereocenters. The zero-order valence-corrected chi connectivity index (χ0v) is 8.76. The van der Waals surface area contributed by atoms with Crippen molar-refractivity contribution in [1.29, 1.82) is 0 Å². The second kappa shape index (κ2) is 4.02. The van der Waals surface area contributed by atoms with Gasteiger partial charge in [0.25, 0.3) is 5.89 Å². The number of rotatable bonds is 2. The average molecular weight is 216 g/mol. The highest BCUT2D eigenvalue weighted by Crippen LogP contribution is 2.24. The molecule has 3 heterocycles. The van der Waals surface area contributed by atoms with Gasteiger partial charge in [0, 0.05) is 6.20 Å². The van der Waals surface area contributed by atoms with Crippen LogP contribution in [0.5, 0.6) is 0 Å². The van der Waals surface area contributed by atoms with Crippen molar-refractivity contribution in [1.82, 2.24) is 20.5 Å². The monoisotopic (exact) mass is 216 g/mol. The SMILES string of the molecule is c1ccc(-c2nnc([C@H]3CCCN3)o2)nc1. The Morgan fingerprint density at radius 2 is 2.31 bits per heavy atom. The minimum Gasteiger partial charge on any atom is -0.418 e. The molecule has 1 N–H and O–H groups in total. The van der Waals surface area contributed by atoms with E-state index in [1.54, 1.807) is 6.20 Å². The van der Waals surface area contributed by atoms with Crippen LogP contribution in [0.1, 0.15) is 24.8 Å². The van der Waals surface area contributed by atoms with Gasteiger partial charge in [0.15, 0.2) is 0 Å². The van der Waals surface area contributed by atoms with Crippen LogP contribution in [-0.4, -0.2) is 21.7 Å². The fourth-order valence-corrected chi connectivity index (χ4v) is 1.86. The van der Waals surface area contributed by atoms with E-state index in [9.17, 15) is 0 Å². The van der Waals surface area contributed by atoms with Gasteiger partial charge in [0.05, 0.1) is 6.04 Å². The van der Waals surface area contributed by atoms with Crippen molar-refractivity contribution in [3.63, 3.8) is 0 Å². The summed E-state index contributed by atoms with van der Waals surface area (Å²) >= 11 is 0. The van der Waals surface area contributed by atoms with Gasteiger partial charge in [-0.05, 0) is 31.5 Å². The van der Waals surface area contributed by atoms with Gasteiger partial charge >= 0.3 is 0 Å². The normalized spacial score (nSPS) is 20.1. The van der Waals surface area contributed by atoms with Crippen molar-refractivity contribution in [2.45, 2.75) is 18.9 Å². The first-order chi connectivity index (χ1) is 7.93. The van der Waals surface area contributed by atoms with Crippen LogP contribution >= 0.6 is 0 Å². The first kappa shape index (κ1) is 9.47. The third-order valence-electron chi connectivity index (χ3n) is 2.68. The van der Waals surface area contributed by atoms with E-state index in [-0.39, 0.29) is 6.04 Å². The van der Waals surface area contributed by atoms with Gasteiger partial charge in [-0.25, -0.2) is 0 Å². The molecule has 0 saturated carbocycles. The lowest BCUT2D eigenvalue weighted by molar-refractivity contribution is 0.436. The summed E-state index contributed by atoms with van der Waals surface area (Å²) in [5, 5.41) is 11.4. The van der Waals surface area contributed by atoms with Gasteiger partial charge in [-0.15, -0.1) is 10.2 Å². The molecule has 0 amide bonds. The van der Waals surface area contributed by atoms with Crippen LogP contribution in [0.15, 0.2) is 28.8 Å². The topological polar surface area (TPSA) is 63.8 Å². The van der Waals surface area contributed by atoms with Crippen LogP contribution in [-0.2, 0) is 0 Å². The summed E-state index contributed by atoms with van der Waals surface area (Å²) in [6.07, 6.45) is 3.93. The Morgan fingerprint density at radius 1 is 1.31 bits per heavy atom. The Labute approximate surface area is 92.9 Å². The average Bonchev–Trinajstić information content (AvgIpc) is 3.01. The highest BCUT2D eigenvalue weighted by Gasteiger charge is 2.22. The van der Waals surface area contributed by atoms with E-state index in [0.717, 1.165) is 25.1 Å². The molecular weight excluding hydrogens is 204 g/mol. The molecule has 2 aromatic rings. The van der Waals surface area contributed by atoms with Crippen LogP contribution in [0, 0.1) is 0 Å². The zero-order chi connectivity index (χ0) is 10.8. The number of nitrogens with one attached hydrogen (secondary N) is 1. The molecule has 5 heteroatoms. The van der Waals surface area contributed by atoms with Crippen molar-refractivity contribution in [2.75, 3.05) is 6.54 Å². The summed E-state index contributed by atoms with van der Waals surface area (Å²) in [6, 6.07) is 5.84. The van der Waals surface area contributed by atoms with Gasteiger partial charge in [0.1, 0.15) is 5.69 Å². The van der Waals surface area contributed by atoms with Gasteiger partial charge in [-0.2, -0.15) is 0 Å². The molecule has 1 saturated heterocycles. The first-order valence-corrected chi connectivity index (χ1v) is 5.42. The summed E-state index contributed by atoms with van der Waals surface area (Å²) in [4.78, 5) is 4.17. The molecule has 1 aliphatic heterocycles. The number of aromatic nitrogens is 3. The molecule has 5 nitrogen and oxygen atoms in total. The minimum atomic E-state index is 0.213. The molecule has 82 valence electrons. The lowest BCUT2D eigenvalue weighted by Gasteiger charge is -2.01. The molecule has 1 aliphatic rings. The van der Waals surface area contributed by atoms with Gasteiger partial charge in [0.2, 0.25) is 5.89 Å². The van der Waals surface area contributed by atoms with E-state index >= 15 is 0 Å². The fraction of sp³-hybridized carbons (Fsp3) is 0.364. The Balaban J connectivity index is 1.87. The maximum absolute atomic E-state index is 5.61. The molecule has 0 aliphatic carbocycles. The summed E-state index contributed by atoms with van der Waals surface area (Å²) in [5.41, 5.74) is 0.722. The van der Waals surface area contributed by atoms with Crippen molar-refractivity contribution in [3.05, 3.63) is 30.3 Å². The predicted octanol–water partition coefficient (Wildman–Crippen LogP) is 1.56. The van der Waals surface area contributed by atoms with E-state index in [1.165, 1.54) is 0 Å². The molecule has 0 radical (unpaired) electrons. The maximum Gasteiger partial charge on any atom is 0.266 e. The van der Waals surface area contributed by atoms with Crippen molar-refractivity contribution in [3.8, 4) is 11.6 Å². The highest BCUT2D eigenvalue weighted by molar-refractivity contribution is 5.44. The number of nitrogens with zero attached hydrogens (tertiary/aromatic N) is 3. The van der Waals surface area contributed by atoms with E-state index in [4.69, 9.17) is 4.42 Å². The summed E-state index contributed by atoms with van der Waals surface area (Å²) in [6.45, 7) is 1.02. The van der Waals surface area contributed by atoms with Crippen molar-refractivity contribution in [2.24, 2.45) is 0 Å². The van der Waals surface area contributed by atoms with Crippen molar-refractivity contribution >= 4 is 0 Å². The fourth-order valence-electron chi connectivity index (χ4n) is 1.86. The number of hydrogen-bond acceptors (Lipinski definition) is 5. The molecule has 0 bridgehead atoms. The van der Waals surface area contributed by atoms with Crippen LogP contribution in [0.3, 0.4) is 0 Å². The third-order valence-corrected chi connectivity index (χ3v) is 2.68. The zero-order valence-electron chi connectivity index (χ0n) is 8.76. The van der Waals surface area contributed by atoms with Crippen LogP contribution in [0.25, 0.3) is 11.6 Å². The molecule has 0 spiro atoms. The molecule has 0 aromatic carbocycles. The van der Waals surface area contributed by atoms with Crippen LogP contribution in [0.4, 0.5) is 0 Å². The minimum absolute atomic E-state index is 0.213. The largest absolute Gasteiger partial charge is 0.418 e. The Morgan fingerprint density at radius 3 is 3.06 bits per heavy atom. The molecule has 1 fully saturated rings. The summed E-state index contributed by atoms with van der Waals surface area (Å²) in [5.74, 6) is 1.16. The summed E-state index contributed by atoms with van der Waals surface area (Å²) in [7, 11) is 0. The van der Waals surface area contributed by atoms with E-state index in [1.807, 2.05) is 18.2 Å². The van der Waals surface area contributed by atoms with E-state index < -0.39 is 0 Å². The number of hydrogen-bond donors (Lipinski definition) is 1. The lowest BCUT2D eigenvalue weighted by Crippen LogP contribution is -2.12. The van der Waals surface area contributed by atoms with E-state index in [0.29, 0.717) is 11.8 Å². The van der Waals surface area contributed by atoms with E-state index in [2.05, 4.69) is 20.5 Å². The molecule has 3 rings (SSSR count). The van der Waals surface area contributed by atoms with Crippen LogP contribution < -0.4 is 5.32 Å². The first-order valence-electron chi connectivity index (χ1n) is 5.42. The smallest absolute Gasteiger partial charge is 0.266 e. The lowest BCUT2D eigenvalue weighted by atomic mass is 10.2. The predicted molar refractivity (Wildman–Crippen MR) is 57.5 cm³/mol. The molecule has 1 atom stereocenters. The Kier molecular flexibility index (Phi) is 2.38. The summed E-state index contributed by atoms with van der Waals surface area (Å²) < 4.78 is 5.61.